The molecule has 1 rings (SSSR count). The van der Waals surface area contributed by atoms with Crippen LogP contribution in [0.5, 0.6) is 0 Å². The van der Waals surface area contributed by atoms with Crippen molar-refractivity contribution in [1.82, 2.24) is 5.32 Å². The quantitative estimate of drug-likeness (QED) is 0.739. The van der Waals surface area contributed by atoms with Crippen LogP contribution in [-0.2, 0) is 13.0 Å². The second-order valence-electron chi connectivity index (χ2n) is 5.34. The maximum absolute atomic E-state index is 3.88. The molecule has 19 heavy (non-hydrogen) atoms. The van der Waals surface area contributed by atoms with E-state index in [0.717, 1.165) is 18.2 Å². The van der Waals surface area contributed by atoms with Crippen molar-refractivity contribution in [1.29, 1.82) is 0 Å². The average Bonchev–Trinajstić information content (AvgIpc) is 2.37. The Labute approximate surface area is 120 Å². The molecule has 0 aliphatic carbocycles. The summed E-state index contributed by atoms with van der Waals surface area (Å²) in [4.78, 5) is 0. The van der Waals surface area contributed by atoms with Gasteiger partial charge in [-0.25, -0.2) is 0 Å². The fourth-order valence-corrected chi connectivity index (χ4v) is 1.85. The molecule has 0 heterocycles. The van der Waals surface area contributed by atoms with Crippen molar-refractivity contribution in [2.45, 2.75) is 60.9 Å². The largest absolute Gasteiger partial charge is 0.385 e. The van der Waals surface area contributed by atoms with Crippen LogP contribution in [0.3, 0.4) is 0 Å². The van der Waals surface area contributed by atoms with Crippen LogP contribution in [0.15, 0.2) is 30.5 Å². The fraction of sp³-hybridized carbons (Fsp3) is 0.556. The van der Waals surface area contributed by atoms with E-state index in [1.54, 1.807) is 0 Å². The van der Waals surface area contributed by atoms with Gasteiger partial charge in [-0.3, -0.25) is 0 Å². The molecular weight excluding hydrogens is 230 g/mol. The molecule has 1 nitrogen and oxygen atoms in total. The van der Waals surface area contributed by atoms with E-state index in [-0.39, 0.29) is 0 Å². The van der Waals surface area contributed by atoms with Gasteiger partial charge in [0.25, 0.3) is 0 Å². The van der Waals surface area contributed by atoms with E-state index in [2.05, 4.69) is 50.9 Å². The van der Waals surface area contributed by atoms with Crippen LogP contribution in [0.2, 0.25) is 0 Å². The predicted molar refractivity (Wildman–Crippen MR) is 87.3 cm³/mol. The van der Waals surface area contributed by atoms with E-state index in [0.29, 0.717) is 0 Å². The van der Waals surface area contributed by atoms with Gasteiger partial charge < -0.3 is 5.32 Å². The highest BCUT2D eigenvalue weighted by atomic mass is 14.9. The first kappa shape index (κ1) is 17.8. The van der Waals surface area contributed by atoms with Crippen LogP contribution in [0.1, 0.15) is 57.7 Å². The number of nitrogens with one attached hydrogen (secondary N) is 1. The standard InChI is InChI=1S/C16H25N.C2H6/c1-12(2)6-8-15-10-14(5)7-9-16(15)11-17-13(3)4;1-2/h7,9-10,12,17H,3,6,8,11H2,1-2,4-5H3;1-2H3. The summed E-state index contributed by atoms with van der Waals surface area (Å²) in [5.41, 5.74) is 5.26. The molecule has 0 unspecified atom stereocenters. The minimum absolute atomic E-state index is 0.762. The van der Waals surface area contributed by atoms with Gasteiger partial charge in [0.15, 0.2) is 0 Å². The molecule has 0 amide bonds. The Morgan fingerprint density at radius 1 is 1.21 bits per heavy atom. The summed E-state index contributed by atoms with van der Waals surface area (Å²) >= 11 is 0. The van der Waals surface area contributed by atoms with Gasteiger partial charge in [-0.05, 0) is 43.7 Å². The van der Waals surface area contributed by atoms with E-state index in [1.807, 2.05) is 20.8 Å². The van der Waals surface area contributed by atoms with Crippen LogP contribution < -0.4 is 5.32 Å². The van der Waals surface area contributed by atoms with E-state index in [9.17, 15) is 0 Å². The van der Waals surface area contributed by atoms with Crippen molar-refractivity contribution >= 4 is 0 Å². The number of hydrogen-bond acceptors (Lipinski definition) is 1. The van der Waals surface area contributed by atoms with Crippen molar-refractivity contribution in [2.24, 2.45) is 5.92 Å². The first-order valence-electron chi connectivity index (χ1n) is 7.47. The highest BCUT2D eigenvalue weighted by Crippen LogP contribution is 2.16. The van der Waals surface area contributed by atoms with E-state index in [1.165, 1.54) is 29.5 Å². The normalized spacial score (nSPS) is 9.84. The summed E-state index contributed by atoms with van der Waals surface area (Å²) in [6, 6.07) is 6.74. The summed E-state index contributed by atoms with van der Waals surface area (Å²) in [5, 5.41) is 3.31. The molecular formula is C18H31N. The lowest BCUT2D eigenvalue weighted by Gasteiger charge is -2.13. The number of allylic oxidation sites excluding steroid dienone is 1. The summed E-state index contributed by atoms with van der Waals surface area (Å²) in [5.74, 6) is 0.762. The Morgan fingerprint density at radius 2 is 1.84 bits per heavy atom. The minimum Gasteiger partial charge on any atom is -0.385 e. The molecule has 0 bridgehead atoms. The number of hydrogen-bond donors (Lipinski definition) is 1. The molecule has 0 aromatic heterocycles. The fourth-order valence-electron chi connectivity index (χ4n) is 1.85. The van der Waals surface area contributed by atoms with Gasteiger partial charge in [-0.2, -0.15) is 0 Å². The zero-order valence-corrected chi connectivity index (χ0v) is 13.6. The third-order valence-electron chi connectivity index (χ3n) is 2.93. The Morgan fingerprint density at radius 3 is 2.37 bits per heavy atom. The molecule has 0 fully saturated rings. The lowest BCUT2D eigenvalue weighted by atomic mass is 9.97. The molecule has 1 heteroatoms. The molecule has 0 aliphatic heterocycles. The van der Waals surface area contributed by atoms with Gasteiger partial charge in [-0.15, -0.1) is 0 Å². The molecule has 0 aliphatic rings. The van der Waals surface area contributed by atoms with Crippen molar-refractivity contribution < 1.29 is 0 Å². The lowest BCUT2D eigenvalue weighted by molar-refractivity contribution is 0.584. The van der Waals surface area contributed by atoms with Crippen LogP contribution in [0.4, 0.5) is 0 Å². The topological polar surface area (TPSA) is 12.0 Å². The van der Waals surface area contributed by atoms with Gasteiger partial charge in [-0.1, -0.05) is 58.0 Å². The van der Waals surface area contributed by atoms with Crippen LogP contribution in [-0.4, -0.2) is 0 Å². The van der Waals surface area contributed by atoms with Crippen molar-refractivity contribution in [3.63, 3.8) is 0 Å². The molecule has 1 N–H and O–H groups in total. The smallest absolute Gasteiger partial charge is 0.0400 e. The predicted octanol–water partition coefficient (Wildman–Crippen LogP) is 5.23. The highest BCUT2D eigenvalue weighted by Gasteiger charge is 2.04. The minimum atomic E-state index is 0.762. The molecule has 0 radical (unpaired) electrons. The number of benzene rings is 1. The van der Waals surface area contributed by atoms with Gasteiger partial charge in [0.2, 0.25) is 0 Å². The van der Waals surface area contributed by atoms with Crippen molar-refractivity contribution in [3.05, 3.63) is 47.2 Å². The monoisotopic (exact) mass is 261 g/mol. The maximum atomic E-state index is 3.88. The third kappa shape index (κ3) is 7.71. The Hall–Kier alpha value is -1.24. The average molecular weight is 261 g/mol. The number of aryl methyl sites for hydroxylation is 2. The first-order chi connectivity index (χ1) is 8.99. The Bertz CT molecular complexity index is 377. The molecule has 1 aromatic rings. The molecule has 0 spiro atoms. The Balaban J connectivity index is 0.00000154. The Kier molecular flexibility index (Phi) is 9.03. The van der Waals surface area contributed by atoms with E-state index >= 15 is 0 Å². The van der Waals surface area contributed by atoms with E-state index < -0.39 is 0 Å². The van der Waals surface area contributed by atoms with E-state index in [4.69, 9.17) is 0 Å². The third-order valence-corrected chi connectivity index (χ3v) is 2.93. The summed E-state index contributed by atoms with van der Waals surface area (Å²) in [6.07, 6.45) is 2.43. The summed E-state index contributed by atoms with van der Waals surface area (Å²) in [7, 11) is 0. The second kappa shape index (κ2) is 9.66. The summed E-state index contributed by atoms with van der Waals surface area (Å²) in [6.45, 7) is 17.5. The van der Waals surface area contributed by atoms with Gasteiger partial charge in [0.1, 0.15) is 0 Å². The zero-order chi connectivity index (χ0) is 14.8. The van der Waals surface area contributed by atoms with Crippen LogP contribution >= 0.6 is 0 Å². The van der Waals surface area contributed by atoms with Gasteiger partial charge >= 0.3 is 0 Å². The molecule has 0 atom stereocenters. The number of rotatable bonds is 6. The zero-order valence-electron chi connectivity index (χ0n) is 13.6. The maximum Gasteiger partial charge on any atom is 0.0400 e. The van der Waals surface area contributed by atoms with Crippen LogP contribution in [0.25, 0.3) is 0 Å². The molecule has 108 valence electrons. The second-order valence-corrected chi connectivity index (χ2v) is 5.34. The molecule has 1 aromatic carbocycles. The van der Waals surface area contributed by atoms with Crippen molar-refractivity contribution in [3.8, 4) is 0 Å². The van der Waals surface area contributed by atoms with Gasteiger partial charge in [0, 0.05) is 12.2 Å². The van der Waals surface area contributed by atoms with Gasteiger partial charge in [0.05, 0.1) is 0 Å². The summed E-state index contributed by atoms with van der Waals surface area (Å²) < 4.78 is 0. The van der Waals surface area contributed by atoms with Crippen LogP contribution in [0, 0.1) is 12.8 Å². The first-order valence-corrected chi connectivity index (χ1v) is 7.47. The van der Waals surface area contributed by atoms with Crippen molar-refractivity contribution in [2.75, 3.05) is 0 Å². The molecule has 0 saturated carbocycles. The lowest BCUT2D eigenvalue weighted by Crippen LogP contribution is -2.11. The highest BCUT2D eigenvalue weighted by molar-refractivity contribution is 5.32. The molecule has 0 saturated heterocycles. The SMILES string of the molecule is C=C(C)NCc1ccc(C)cc1CCC(C)C.CC.